The number of nitrogens with zero attached hydrogens (tertiary/aromatic N) is 2. The molecule has 2 aromatic rings. The molecule has 3 rings (SSSR count). The van der Waals surface area contributed by atoms with Crippen molar-refractivity contribution < 1.29 is 18.0 Å². The van der Waals surface area contributed by atoms with Crippen molar-refractivity contribution in [3.05, 3.63) is 63.6 Å². The Bertz CT molecular complexity index is 851. The molecule has 1 saturated heterocycles. The lowest BCUT2D eigenvalue weighted by Crippen LogP contribution is -2.49. The molecule has 1 N–H and O–H groups in total. The monoisotopic (exact) mass is 365 g/mol. The Hall–Kier alpha value is -2.77. The van der Waals surface area contributed by atoms with Crippen LogP contribution < -0.4 is 10.5 Å². The normalized spacial score (nSPS) is 15.2. The van der Waals surface area contributed by atoms with E-state index in [0.717, 1.165) is 12.1 Å². The Morgan fingerprint density at radius 1 is 1.04 bits per heavy atom. The quantitative estimate of drug-likeness (QED) is 0.890. The zero-order chi connectivity index (χ0) is 18.9. The maximum absolute atomic E-state index is 12.6. The minimum atomic E-state index is -4.35. The molecular weight excluding hydrogens is 347 g/mol. The number of alkyl halides is 3. The topological polar surface area (TPSA) is 56.4 Å². The Morgan fingerprint density at radius 2 is 1.65 bits per heavy atom. The first-order valence-corrected chi connectivity index (χ1v) is 8.16. The van der Waals surface area contributed by atoms with E-state index < -0.39 is 11.7 Å². The minimum absolute atomic E-state index is 0.216. The summed E-state index contributed by atoms with van der Waals surface area (Å²) in [5, 5.41) is 0. The molecule has 1 fully saturated rings. The fourth-order valence-corrected chi connectivity index (χ4v) is 3.02. The van der Waals surface area contributed by atoms with Gasteiger partial charge in [-0.2, -0.15) is 13.2 Å². The first-order chi connectivity index (χ1) is 12.2. The lowest BCUT2D eigenvalue weighted by Gasteiger charge is -2.36. The van der Waals surface area contributed by atoms with Crippen LogP contribution in [0.15, 0.2) is 41.2 Å². The average molecular weight is 365 g/mol. The van der Waals surface area contributed by atoms with Crippen molar-refractivity contribution in [2.24, 2.45) is 0 Å². The van der Waals surface area contributed by atoms with E-state index in [1.54, 1.807) is 17.9 Å². The fourth-order valence-electron chi connectivity index (χ4n) is 3.02. The zero-order valence-corrected chi connectivity index (χ0v) is 14.1. The maximum Gasteiger partial charge on any atom is 0.416 e. The predicted octanol–water partition coefficient (Wildman–Crippen LogP) is 2.66. The van der Waals surface area contributed by atoms with Gasteiger partial charge in [-0.1, -0.05) is 0 Å². The molecule has 1 aliphatic heterocycles. The Balaban J connectivity index is 1.65. The molecule has 0 bridgehead atoms. The van der Waals surface area contributed by atoms with Gasteiger partial charge in [-0.25, -0.2) is 0 Å². The van der Waals surface area contributed by atoms with E-state index in [4.69, 9.17) is 0 Å². The number of aromatic amines is 1. The smallest absolute Gasteiger partial charge is 0.368 e. The van der Waals surface area contributed by atoms with Gasteiger partial charge >= 0.3 is 6.18 Å². The summed E-state index contributed by atoms with van der Waals surface area (Å²) >= 11 is 0. The summed E-state index contributed by atoms with van der Waals surface area (Å²) < 4.78 is 37.9. The van der Waals surface area contributed by atoms with Crippen LogP contribution in [0.25, 0.3) is 0 Å². The largest absolute Gasteiger partial charge is 0.416 e. The van der Waals surface area contributed by atoms with Crippen LogP contribution in [0.3, 0.4) is 0 Å². The van der Waals surface area contributed by atoms with E-state index in [9.17, 15) is 22.8 Å². The molecule has 1 aromatic carbocycles. The molecule has 0 spiro atoms. The highest BCUT2D eigenvalue weighted by atomic mass is 19.4. The fraction of sp³-hybridized carbons (Fsp3) is 0.333. The lowest BCUT2D eigenvalue weighted by molar-refractivity contribution is -0.137. The molecule has 8 heteroatoms. The molecule has 0 saturated carbocycles. The third kappa shape index (κ3) is 3.89. The van der Waals surface area contributed by atoms with Crippen molar-refractivity contribution >= 4 is 11.6 Å². The van der Waals surface area contributed by atoms with Crippen molar-refractivity contribution in [3.8, 4) is 0 Å². The highest BCUT2D eigenvalue weighted by Crippen LogP contribution is 2.30. The van der Waals surface area contributed by atoms with E-state index in [2.05, 4.69) is 4.98 Å². The van der Waals surface area contributed by atoms with Gasteiger partial charge in [-0.15, -0.1) is 0 Å². The summed E-state index contributed by atoms with van der Waals surface area (Å²) in [5.74, 6) is -0.216. The molecule has 138 valence electrons. The number of nitrogens with one attached hydrogen (secondary N) is 1. The van der Waals surface area contributed by atoms with Crippen LogP contribution in [0, 0.1) is 6.92 Å². The summed E-state index contributed by atoms with van der Waals surface area (Å²) in [6, 6.07) is 7.92. The van der Waals surface area contributed by atoms with Crippen LogP contribution in [0.1, 0.15) is 21.6 Å². The standard InChI is InChI=1S/C18H18F3N3O2/c1-12-10-13(11-16(25)22-12)17(26)24-8-6-23(7-9-24)15-4-2-14(3-5-15)18(19,20)21/h2-5,10-11H,6-9H2,1H3,(H,22,25). The molecule has 1 aliphatic rings. The third-order valence-corrected chi connectivity index (χ3v) is 4.35. The van der Waals surface area contributed by atoms with E-state index in [0.29, 0.717) is 43.1 Å². The molecule has 0 unspecified atom stereocenters. The Morgan fingerprint density at radius 3 is 2.19 bits per heavy atom. The van der Waals surface area contributed by atoms with Crippen LogP contribution >= 0.6 is 0 Å². The second kappa shape index (κ2) is 6.86. The molecule has 26 heavy (non-hydrogen) atoms. The van der Waals surface area contributed by atoms with Gasteiger partial charge in [0.05, 0.1) is 5.56 Å². The highest BCUT2D eigenvalue weighted by Gasteiger charge is 2.30. The Kier molecular flexibility index (Phi) is 4.76. The van der Waals surface area contributed by atoms with Crippen molar-refractivity contribution in [1.82, 2.24) is 9.88 Å². The van der Waals surface area contributed by atoms with Crippen LogP contribution in [0.2, 0.25) is 0 Å². The van der Waals surface area contributed by atoms with Crippen molar-refractivity contribution in [2.45, 2.75) is 13.1 Å². The van der Waals surface area contributed by atoms with Gasteiger partial charge in [0.2, 0.25) is 5.56 Å². The number of pyridine rings is 1. The second-order valence-corrected chi connectivity index (χ2v) is 6.24. The number of H-pyrrole nitrogens is 1. The number of anilines is 1. The summed E-state index contributed by atoms with van der Waals surface area (Å²) in [6.45, 7) is 3.61. The predicted molar refractivity (Wildman–Crippen MR) is 91.4 cm³/mol. The van der Waals surface area contributed by atoms with E-state index >= 15 is 0 Å². The number of amides is 1. The van der Waals surface area contributed by atoms with Gasteiger partial charge in [0, 0.05) is 49.2 Å². The number of rotatable bonds is 2. The summed E-state index contributed by atoms with van der Waals surface area (Å²) in [4.78, 5) is 30.2. The first-order valence-electron chi connectivity index (χ1n) is 8.16. The molecular formula is C18H18F3N3O2. The molecule has 0 radical (unpaired) electrons. The number of halogens is 3. The van der Waals surface area contributed by atoms with Crippen LogP contribution in [-0.4, -0.2) is 42.0 Å². The summed E-state index contributed by atoms with van der Waals surface area (Å²) in [5.41, 5.74) is 0.645. The van der Waals surface area contributed by atoms with Gasteiger partial charge in [0.25, 0.3) is 5.91 Å². The molecule has 5 nitrogen and oxygen atoms in total. The molecule has 2 heterocycles. The number of piperazine rings is 1. The Labute approximate surface area is 148 Å². The van der Waals surface area contributed by atoms with Crippen molar-refractivity contribution in [3.63, 3.8) is 0 Å². The molecule has 0 atom stereocenters. The number of hydrogen-bond donors (Lipinski definition) is 1. The van der Waals surface area contributed by atoms with Crippen LogP contribution in [0.4, 0.5) is 18.9 Å². The van der Waals surface area contributed by atoms with Crippen molar-refractivity contribution in [2.75, 3.05) is 31.1 Å². The molecule has 0 aliphatic carbocycles. The number of carbonyl (C=O) groups excluding carboxylic acids is 1. The minimum Gasteiger partial charge on any atom is -0.368 e. The summed E-state index contributed by atoms with van der Waals surface area (Å²) in [6.07, 6.45) is -4.35. The number of aryl methyl sites for hydroxylation is 1. The zero-order valence-electron chi connectivity index (χ0n) is 14.1. The van der Waals surface area contributed by atoms with E-state index in [1.807, 2.05) is 4.90 Å². The number of hydrogen-bond acceptors (Lipinski definition) is 3. The molecule has 1 amide bonds. The van der Waals surface area contributed by atoms with Crippen molar-refractivity contribution in [1.29, 1.82) is 0 Å². The maximum atomic E-state index is 12.6. The van der Waals surface area contributed by atoms with Crippen LogP contribution in [0.5, 0.6) is 0 Å². The van der Waals surface area contributed by atoms with Crippen LogP contribution in [-0.2, 0) is 6.18 Å². The number of carbonyl (C=O) groups is 1. The van der Waals surface area contributed by atoms with Gasteiger partial charge in [-0.3, -0.25) is 9.59 Å². The second-order valence-electron chi connectivity index (χ2n) is 6.24. The third-order valence-electron chi connectivity index (χ3n) is 4.35. The van der Waals surface area contributed by atoms with Gasteiger partial charge in [0.15, 0.2) is 0 Å². The first kappa shape index (κ1) is 18.0. The lowest BCUT2D eigenvalue weighted by atomic mass is 10.1. The number of benzene rings is 1. The SMILES string of the molecule is Cc1cc(C(=O)N2CCN(c3ccc(C(F)(F)F)cc3)CC2)cc(=O)[nH]1. The van der Waals surface area contributed by atoms with Gasteiger partial charge in [-0.05, 0) is 37.3 Å². The average Bonchev–Trinajstić information content (AvgIpc) is 2.60. The van der Waals surface area contributed by atoms with E-state index in [-0.39, 0.29) is 11.5 Å². The van der Waals surface area contributed by atoms with E-state index in [1.165, 1.54) is 18.2 Å². The number of aromatic nitrogens is 1. The highest BCUT2D eigenvalue weighted by molar-refractivity contribution is 5.94. The summed E-state index contributed by atoms with van der Waals surface area (Å²) in [7, 11) is 0. The van der Waals surface area contributed by atoms with Gasteiger partial charge in [0.1, 0.15) is 0 Å². The van der Waals surface area contributed by atoms with Gasteiger partial charge < -0.3 is 14.8 Å². The molecule has 1 aromatic heterocycles.